The van der Waals surface area contributed by atoms with Gasteiger partial charge in [-0.15, -0.1) is 0 Å². The number of fused-ring (bicyclic) bond motifs is 3. The Morgan fingerprint density at radius 1 is 1.30 bits per heavy atom. The molecule has 1 aliphatic carbocycles. The molecule has 3 fully saturated rings. The van der Waals surface area contributed by atoms with Crippen LogP contribution in [0, 0.1) is 24.2 Å². The summed E-state index contributed by atoms with van der Waals surface area (Å²) in [5, 5.41) is 9.29. The minimum Gasteiger partial charge on any atom is -0.330 e. The average Bonchev–Trinajstić information content (AvgIpc) is 3.49. The molecule has 0 radical (unpaired) electrons. The SMILES string of the molecule is Cc1ccc2c(c1)CC[C@@H]2N1C(=O)[C@H]2C[C@@H]1CN2C[C@H](C)C(=O)N1CCC[C@H]1C#N. The summed E-state index contributed by atoms with van der Waals surface area (Å²) in [6.07, 6.45) is 4.63. The number of aryl methyl sites for hydroxylation is 2. The molecule has 0 saturated carbocycles. The summed E-state index contributed by atoms with van der Waals surface area (Å²) in [5.41, 5.74) is 4.00. The van der Waals surface area contributed by atoms with E-state index in [9.17, 15) is 14.9 Å². The Balaban J connectivity index is 1.25. The zero-order valence-corrected chi connectivity index (χ0v) is 17.9. The van der Waals surface area contributed by atoms with Crippen LogP contribution in [0.5, 0.6) is 0 Å². The van der Waals surface area contributed by atoms with Gasteiger partial charge in [-0.25, -0.2) is 0 Å². The maximum Gasteiger partial charge on any atom is 0.240 e. The first-order chi connectivity index (χ1) is 14.5. The van der Waals surface area contributed by atoms with Crippen LogP contribution < -0.4 is 0 Å². The summed E-state index contributed by atoms with van der Waals surface area (Å²) in [7, 11) is 0. The fraction of sp³-hybridized carbons (Fsp3) is 0.625. The highest BCUT2D eigenvalue weighted by Gasteiger charge is 2.53. The van der Waals surface area contributed by atoms with Crippen LogP contribution in [0.15, 0.2) is 18.2 Å². The zero-order chi connectivity index (χ0) is 21.0. The first kappa shape index (κ1) is 19.6. The molecule has 4 aliphatic rings. The number of carbonyl (C=O) groups excluding carboxylic acids is 2. The van der Waals surface area contributed by atoms with Gasteiger partial charge in [0.2, 0.25) is 11.8 Å². The molecule has 2 bridgehead atoms. The highest BCUT2D eigenvalue weighted by Crippen LogP contribution is 2.44. The van der Waals surface area contributed by atoms with Crippen LogP contribution in [-0.4, -0.2) is 64.3 Å². The zero-order valence-electron chi connectivity index (χ0n) is 17.9. The van der Waals surface area contributed by atoms with E-state index in [1.54, 1.807) is 4.90 Å². The maximum atomic E-state index is 13.3. The number of nitrogens with zero attached hydrogens (tertiary/aromatic N) is 4. The second-order valence-electron chi connectivity index (χ2n) is 9.58. The summed E-state index contributed by atoms with van der Waals surface area (Å²) in [6.45, 7) is 6.21. The Bertz CT molecular complexity index is 922. The van der Waals surface area contributed by atoms with E-state index in [4.69, 9.17) is 0 Å². The molecule has 3 aliphatic heterocycles. The van der Waals surface area contributed by atoms with Crippen molar-refractivity contribution in [1.29, 1.82) is 5.26 Å². The predicted octanol–water partition coefficient (Wildman–Crippen LogP) is 2.42. The molecule has 1 aromatic carbocycles. The van der Waals surface area contributed by atoms with E-state index in [0.29, 0.717) is 13.1 Å². The lowest BCUT2D eigenvalue weighted by atomic mass is 10.0. The lowest BCUT2D eigenvalue weighted by molar-refractivity contribution is -0.142. The maximum absolute atomic E-state index is 13.3. The average molecular weight is 407 g/mol. The van der Waals surface area contributed by atoms with Gasteiger partial charge in [0, 0.05) is 31.6 Å². The number of piperazine rings is 1. The Kier molecular flexibility index (Phi) is 4.82. The van der Waals surface area contributed by atoms with E-state index >= 15 is 0 Å². The molecule has 3 heterocycles. The van der Waals surface area contributed by atoms with Crippen molar-refractivity contribution in [2.75, 3.05) is 19.6 Å². The largest absolute Gasteiger partial charge is 0.330 e. The summed E-state index contributed by atoms with van der Waals surface area (Å²) >= 11 is 0. The van der Waals surface area contributed by atoms with Crippen LogP contribution in [-0.2, 0) is 16.0 Å². The minimum atomic E-state index is -0.279. The molecule has 5 atom stereocenters. The van der Waals surface area contributed by atoms with Crippen LogP contribution >= 0.6 is 0 Å². The van der Waals surface area contributed by atoms with E-state index in [1.807, 2.05) is 6.92 Å². The van der Waals surface area contributed by atoms with Gasteiger partial charge in [-0.2, -0.15) is 5.26 Å². The highest BCUT2D eigenvalue weighted by molar-refractivity contribution is 5.86. The second kappa shape index (κ2) is 7.39. The van der Waals surface area contributed by atoms with Crippen LogP contribution in [0.1, 0.15) is 55.3 Å². The topological polar surface area (TPSA) is 67.7 Å². The molecule has 6 nitrogen and oxygen atoms in total. The second-order valence-corrected chi connectivity index (χ2v) is 9.58. The number of likely N-dealkylation sites (tertiary alicyclic amines) is 3. The molecule has 0 aromatic heterocycles. The van der Waals surface area contributed by atoms with E-state index < -0.39 is 0 Å². The number of hydrogen-bond acceptors (Lipinski definition) is 4. The van der Waals surface area contributed by atoms with Crippen molar-refractivity contribution in [1.82, 2.24) is 14.7 Å². The number of hydrogen-bond donors (Lipinski definition) is 0. The summed E-state index contributed by atoms with van der Waals surface area (Å²) in [5.74, 6) is 0.112. The number of rotatable bonds is 4. The summed E-state index contributed by atoms with van der Waals surface area (Å²) in [6, 6.07) is 8.98. The number of nitriles is 1. The molecule has 158 valence electrons. The van der Waals surface area contributed by atoms with Gasteiger partial charge in [0.25, 0.3) is 0 Å². The van der Waals surface area contributed by atoms with Crippen molar-refractivity contribution in [3.8, 4) is 6.07 Å². The lowest BCUT2D eigenvalue weighted by Gasteiger charge is -2.38. The van der Waals surface area contributed by atoms with E-state index in [2.05, 4.69) is 41.0 Å². The van der Waals surface area contributed by atoms with Gasteiger partial charge in [0.1, 0.15) is 6.04 Å². The molecule has 3 saturated heterocycles. The first-order valence-electron chi connectivity index (χ1n) is 11.3. The predicted molar refractivity (Wildman–Crippen MR) is 112 cm³/mol. The monoisotopic (exact) mass is 406 g/mol. The third-order valence-electron chi connectivity index (χ3n) is 7.61. The highest BCUT2D eigenvalue weighted by atomic mass is 16.2. The molecular weight excluding hydrogens is 376 g/mol. The fourth-order valence-corrected chi connectivity index (χ4v) is 6.19. The van der Waals surface area contributed by atoms with Crippen molar-refractivity contribution in [3.05, 3.63) is 34.9 Å². The Morgan fingerprint density at radius 3 is 2.90 bits per heavy atom. The van der Waals surface area contributed by atoms with Crippen LogP contribution in [0.4, 0.5) is 0 Å². The molecule has 2 amide bonds. The Labute approximate surface area is 178 Å². The molecule has 5 rings (SSSR count). The quantitative estimate of drug-likeness (QED) is 0.770. The Hall–Kier alpha value is -2.39. The molecular formula is C24H30N4O2. The van der Waals surface area contributed by atoms with Gasteiger partial charge < -0.3 is 9.80 Å². The smallest absolute Gasteiger partial charge is 0.240 e. The minimum absolute atomic E-state index is 0.0613. The van der Waals surface area contributed by atoms with Crippen molar-refractivity contribution in [2.45, 2.75) is 70.1 Å². The number of benzene rings is 1. The van der Waals surface area contributed by atoms with Crippen LogP contribution in [0.25, 0.3) is 0 Å². The van der Waals surface area contributed by atoms with Gasteiger partial charge in [-0.05, 0) is 50.2 Å². The normalized spacial score (nSPS) is 31.3. The molecule has 6 heteroatoms. The molecule has 0 unspecified atom stereocenters. The van der Waals surface area contributed by atoms with Crippen molar-refractivity contribution < 1.29 is 9.59 Å². The molecule has 1 aromatic rings. The van der Waals surface area contributed by atoms with Crippen molar-refractivity contribution in [3.63, 3.8) is 0 Å². The molecule has 0 N–H and O–H groups in total. The van der Waals surface area contributed by atoms with Crippen molar-refractivity contribution >= 4 is 11.8 Å². The van der Waals surface area contributed by atoms with Crippen LogP contribution in [0.3, 0.4) is 0 Å². The summed E-state index contributed by atoms with van der Waals surface area (Å²) < 4.78 is 0. The summed E-state index contributed by atoms with van der Waals surface area (Å²) in [4.78, 5) is 32.3. The van der Waals surface area contributed by atoms with Gasteiger partial charge in [-0.1, -0.05) is 30.7 Å². The number of carbonyl (C=O) groups is 2. The van der Waals surface area contributed by atoms with E-state index in [1.165, 1.54) is 16.7 Å². The third kappa shape index (κ3) is 3.02. The van der Waals surface area contributed by atoms with Crippen molar-refractivity contribution in [2.24, 2.45) is 5.92 Å². The standard InChI is InChI=1S/C24H30N4O2/c1-15-5-7-20-17(10-15)6-8-21(20)28-19-11-22(24(28)30)26(14-19)13-16(2)23(29)27-9-3-4-18(27)12-25/h5,7,10,16,18-19,21-22H,3-4,6,8-9,11,13-14H2,1-2H3/t16-,18-,19+,21-,22+/m0/s1. The van der Waals surface area contributed by atoms with Gasteiger partial charge in [-0.3, -0.25) is 14.5 Å². The fourth-order valence-electron chi connectivity index (χ4n) is 6.19. The lowest BCUT2D eigenvalue weighted by Crippen LogP contribution is -2.53. The molecule has 0 spiro atoms. The van der Waals surface area contributed by atoms with E-state index in [0.717, 1.165) is 38.6 Å². The molecule has 30 heavy (non-hydrogen) atoms. The van der Waals surface area contributed by atoms with Gasteiger partial charge >= 0.3 is 0 Å². The first-order valence-corrected chi connectivity index (χ1v) is 11.3. The van der Waals surface area contributed by atoms with E-state index in [-0.39, 0.29) is 41.9 Å². The third-order valence-corrected chi connectivity index (χ3v) is 7.61. The van der Waals surface area contributed by atoms with Crippen LogP contribution in [0.2, 0.25) is 0 Å². The van der Waals surface area contributed by atoms with Gasteiger partial charge in [0.05, 0.1) is 18.2 Å². The number of amides is 2. The van der Waals surface area contributed by atoms with Gasteiger partial charge in [0.15, 0.2) is 0 Å². The Morgan fingerprint density at radius 2 is 2.13 bits per heavy atom.